The van der Waals surface area contributed by atoms with Crippen LogP contribution in [0, 0.1) is 13.8 Å². The lowest BCUT2D eigenvalue weighted by molar-refractivity contribution is -0.151. The number of pyridine rings is 1. The van der Waals surface area contributed by atoms with Crippen molar-refractivity contribution >= 4 is 29.5 Å². The van der Waals surface area contributed by atoms with Crippen LogP contribution in [0.25, 0.3) is 0 Å². The number of carbonyl (C=O) groups is 1. The summed E-state index contributed by atoms with van der Waals surface area (Å²) >= 11 is 0. The van der Waals surface area contributed by atoms with Crippen LogP contribution in [0.4, 0.5) is 11.5 Å². The van der Waals surface area contributed by atoms with Crippen LogP contribution in [0.1, 0.15) is 138 Å². The SMILES string of the molecule is C.C=C1C=C(Oc2ccc(NC(=N/C=C/CCC)c3nc(N(C)CCCCC)c(CCC)cc3C)cc2C)C=CN1/N=C\C.CC.CC(=O)OC(C)(C)C. The van der Waals surface area contributed by atoms with E-state index in [-0.39, 0.29) is 19.0 Å². The zero-order chi connectivity index (χ0) is 40.0. The summed E-state index contributed by atoms with van der Waals surface area (Å²) in [5, 5.41) is 9.55. The van der Waals surface area contributed by atoms with Crippen LogP contribution in [-0.4, -0.2) is 47.2 Å². The number of unbranched alkanes of at least 4 members (excludes halogenated alkanes) is 3. The van der Waals surface area contributed by atoms with Gasteiger partial charge in [-0.25, -0.2) is 15.0 Å². The second-order valence-electron chi connectivity index (χ2n) is 13.7. The van der Waals surface area contributed by atoms with Crippen LogP contribution < -0.4 is 15.0 Å². The smallest absolute Gasteiger partial charge is 0.303 e. The molecule has 1 aliphatic rings. The second kappa shape index (κ2) is 26.2. The first-order valence-corrected chi connectivity index (χ1v) is 19.3. The topological polar surface area (TPSA) is 91.6 Å². The first-order valence-electron chi connectivity index (χ1n) is 19.3. The minimum Gasteiger partial charge on any atom is -0.460 e. The third-order valence-corrected chi connectivity index (χ3v) is 7.57. The number of benzene rings is 1. The van der Waals surface area contributed by atoms with Crippen molar-refractivity contribution < 1.29 is 14.3 Å². The van der Waals surface area contributed by atoms with Crippen molar-refractivity contribution in [2.75, 3.05) is 23.8 Å². The van der Waals surface area contributed by atoms with Gasteiger partial charge in [0, 0.05) is 50.9 Å². The van der Waals surface area contributed by atoms with Crippen LogP contribution in [0.2, 0.25) is 0 Å². The highest BCUT2D eigenvalue weighted by molar-refractivity contribution is 6.08. The Hall–Kier alpha value is -4.66. The van der Waals surface area contributed by atoms with Gasteiger partial charge in [-0.1, -0.05) is 86.4 Å². The Morgan fingerprint density at radius 2 is 1.76 bits per heavy atom. The minimum absolute atomic E-state index is 0. The van der Waals surface area contributed by atoms with Gasteiger partial charge < -0.3 is 19.7 Å². The molecule has 1 aromatic heterocycles. The van der Waals surface area contributed by atoms with E-state index < -0.39 is 0 Å². The van der Waals surface area contributed by atoms with Gasteiger partial charge in [-0.3, -0.25) is 4.79 Å². The van der Waals surface area contributed by atoms with E-state index >= 15 is 0 Å². The molecule has 1 aliphatic heterocycles. The lowest BCUT2D eigenvalue weighted by Gasteiger charge is -2.24. The number of hydrogen-bond donors (Lipinski definition) is 1. The normalized spacial score (nSPS) is 12.7. The zero-order valence-corrected chi connectivity index (χ0v) is 35.1. The quantitative estimate of drug-likeness (QED) is 0.0840. The lowest BCUT2D eigenvalue weighted by Crippen LogP contribution is -2.24. The number of hydrazone groups is 1. The van der Waals surface area contributed by atoms with E-state index in [1.807, 2.05) is 85.2 Å². The molecule has 2 heterocycles. The molecule has 0 saturated carbocycles. The van der Waals surface area contributed by atoms with Gasteiger partial charge in [0.1, 0.15) is 28.6 Å². The molecule has 3 rings (SSSR count). The number of carbonyl (C=O) groups excluding carboxylic acids is 1. The van der Waals surface area contributed by atoms with Crippen molar-refractivity contribution in [2.24, 2.45) is 10.1 Å². The molecule has 9 heteroatoms. The molecule has 0 atom stereocenters. The maximum atomic E-state index is 10.2. The van der Waals surface area contributed by atoms with Crippen LogP contribution in [0.3, 0.4) is 0 Å². The Morgan fingerprint density at radius 1 is 1.06 bits per heavy atom. The van der Waals surface area contributed by atoms with E-state index in [1.165, 1.54) is 25.3 Å². The van der Waals surface area contributed by atoms with Crippen molar-refractivity contribution in [1.82, 2.24) is 9.99 Å². The van der Waals surface area contributed by atoms with Gasteiger partial charge in [0.25, 0.3) is 0 Å². The zero-order valence-electron chi connectivity index (χ0n) is 35.1. The first kappa shape index (κ1) is 49.3. The average molecular weight is 745 g/mol. The highest BCUT2D eigenvalue weighted by atomic mass is 16.6. The van der Waals surface area contributed by atoms with Crippen LogP contribution in [0.15, 0.2) is 83.0 Å². The molecular weight excluding hydrogens is 673 g/mol. The number of nitrogens with one attached hydrogen (secondary N) is 1. The van der Waals surface area contributed by atoms with Crippen molar-refractivity contribution in [3.05, 3.63) is 95.3 Å². The molecule has 9 nitrogen and oxygen atoms in total. The Labute approximate surface area is 329 Å². The number of esters is 1. The molecule has 54 heavy (non-hydrogen) atoms. The predicted octanol–water partition coefficient (Wildman–Crippen LogP) is 12.1. The molecule has 0 amide bonds. The second-order valence-corrected chi connectivity index (χ2v) is 13.7. The molecule has 1 N–H and O–H groups in total. The maximum Gasteiger partial charge on any atom is 0.303 e. The molecule has 0 bridgehead atoms. The predicted molar refractivity (Wildman–Crippen MR) is 234 cm³/mol. The lowest BCUT2D eigenvalue weighted by atomic mass is 10.1. The Balaban J connectivity index is 0.00000226. The van der Waals surface area contributed by atoms with Gasteiger partial charge in [-0.05, 0) is 102 Å². The monoisotopic (exact) mass is 745 g/mol. The molecule has 2 aromatic rings. The van der Waals surface area contributed by atoms with Gasteiger partial charge in [0.2, 0.25) is 0 Å². The summed E-state index contributed by atoms with van der Waals surface area (Å²) in [4.78, 5) is 22.7. The summed E-state index contributed by atoms with van der Waals surface area (Å²) < 4.78 is 11.0. The number of aryl methyl sites for hydroxylation is 3. The standard InChI is InChI=1S/C36H50N6O.C6H12O2.C2H6.CH4/c1-9-13-15-21-37-35(34-28(6)24-30(17-11-3)36(40-34)41(8)22-16-14-10-2)39-31-18-19-33(27(5)25-31)43-32-20-23-42(38-12-4)29(7)26-32;1-5(7)8-6(2,3)4;1-2;/h12,15,18-21,23-26H,7,9-11,13-14,16-17,22H2,1-6,8H3,(H,37,39);1-4H3;1-2H3;1H4/b21-15+,38-12-;;;. The number of ether oxygens (including phenoxy) is 2. The number of hydrogen-bond acceptors (Lipinski definition) is 8. The number of allylic oxidation sites excluding steroid dienone is 3. The number of aromatic nitrogens is 1. The molecule has 0 spiro atoms. The molecule has 0 fully saturated rings. The van der Waals surface area contributed by atoms with Gasteiger partial charge in [0.05, 0.1) is 5.70 Å². The van der Waals surface area contributed by atoms with E-state index in [0.717, 1.165) is 84.3 Å². The highest BCUT2D eigenvalue weighted by Crippen LogP contribution is 2.28. The fourth-order valence-corrected chi connectivity index (χ4v) is 5.26. The van der Waals surface area contributed by atoms with Crippen LogP contribution in [-0.2, 0) is 16.0 Å². The first-order chi connectivity index (χ1) is 25.2. The largest absolute Gasteiger partial charge is 0.460 e. The number of amidine groups is 1. The summed E-state index contributed by atoms with van der Waals surface area (Å²) in [6.45, 7) is 28.7. The summed E-state index contributed by atoms with van der Waals surface area (Å²) in [6, 6.07) is 8.36. The average Bonchev–Trinajstić information content (AvgIpc) is 3.09. The minimum atomic E-state index is -0.328. The van der Waals surface area contributed by atoms with E-state index in [1.54, 1.807) is 11.2 Å². The van der Waals surface area contributed by atoms with Crippen LogP contribution in [0.5, 0.6) is 5.75 Å². The third kappa shape index (κ3) is 17.9. The highest BCUT2D eigenvalue weighted by Gasteiger charge is 2.18. The molecule has 300 valence electrons. The molecule has 1 aromatic carbocycles. The number of anilines is 2. The van der Waals surface area contributed by atoms with Crippen molar-refractivity contribution in [2.45, 2.75) is 141 Å². The number of rotatable bonds is 15. The summed E-state index contributed by atoms with van der Waals surface area (Å²) in [6.07, 6.45) is 19.0. The summed E-state index contributed by atoms with van der Waals surface area (Å²) in [7, 11) is 2.16. The van der Waals surface area contributed by atoms with Crippen molar-refractivity contribution in [3.8, 4) is 5.75 Å². The van der Waals surface area contributed by atoms with E-state index in [4.69, 9.17) is 19.5 Å². The number of nitrogens with zero attached hydrogens (tertiary/aromatic N) is 5. The van der Waals surface area contributed by atoms with Gasteiger partial charge >= 0.3 is 5.97 Å². The molecule has 0 radical (unpaired) electrons. The summed E-state index contributed by atoms with van der Waals surface area (Å²) in [5.74, 6) is 3.04. The molecule has 0 aliphatic carbocycles. The fraction of sp³-hybridized carbons (Fsp3) is 0.511. The fourth-order valence-electron chi connectivity index (χ4n) is 5.26. The summed E-state index contributed by atoms with van der Waals surface area (Å²) in [5.41, 5.74) is 5.60. The van der Waals surface area contributed by atoms with Gasteiger partial charge in [-0.15, -0.1) is 0 Å². The molecule has 0 saturated heterocycles. The molecule has 0 unspecified atom stereocenters. The van der Waals surface area contributed by atoms with Crippen molar-refractivity contribution in [3.63, 3.8) is 0 Å². The van der Waals surface area contributed by atoms with E-state index in [0.29, 0.717) is 5.76 Å². The van der Waals surface area contributed by atoms with E-state index in [2.05, 4.69) is 74.8 Å². The van der Waals surface area contributed by atoms with Crippen LogP contribution >= 0.6 is 0 Å². The maximum absolute atomic E-state index is 10.2. The van der Waals surface area contributed by atoms with E-state index in [9.17, 15) is 4.79 Å². The Morgan fingerprint density at radius 3 is 2.30 bits per heavy atom. The third-order valence-electron chi connectivity index (χ3n) is 7.57. The van der Waals surface area contributed by atoms with Gasteiger partial charge in [0.15, 0.2) is 5.84 Å². The number of aliphatic imine (C=N–C) groups is 1. The van der Waals surface area contributed by atoms with Gasteiger partial charge in [-0.2, -0.15) is 5.10 Å². The Kier molecular flexibility index (Phi) is 23.9. The Bertz CT molecular complexity index is 1600. The van der Waals surface area contributed by atoms with Crippen molar-refractivity contribution in [1.29, 1.82) is 0 Å². The molecular formula is C45H72N6O3.